The molecule has 0 saturated carbocycles. The molecule has 0 aromatic carbocycles. The van der Waals surface area contributed by atoms with Gasteiger partial charge in [-0.15, -0.1) is 0 Å². The molecule has 7 unspecified atom stereocenters. The Balaban J connectivity index is 2.22. The lowest BCUT2D eigenvalue weighted by Gasteiger charge is -2.40. The Morgan fingerprint density at radius 2 is 0.861 bits per heavy atom. The molecule has 72 heavy (non-hydrogen) atoms. The van der Waals surface area contributed by atoms with Gasteiger partial charge in [0.1, 0.15) is 24.4 Å². The van der Waals surface area contributed by atoms with Gasteiger partial charge in [0.15, 0.2) is 6.29 Å². The maximum atomic E-state index is 13.1. The van der Waals surface area contributed by atoms with Gasteiger partial charge in [0.25, 0.3) is 0 Å². The summed E-state index contributed by atoms with van der Waals surface area (Å²) in [5.74, 6) is -0.186. The van der Waals surface area contributed by atoms with Crippen LogP contribution in [0.15, 0.2) is 97.2 Å². The van der Waals surface area contributed by atoms with Crippen LogP contribution in [0.3, 0.4) is 0 Å². The van der Waals surface area contributed by atoms with Gasteiger partial charge in [-0.1, -0.05) is 252 Å². The third-order valence-corrected chi connectivity index (χ3v) is 13.4. The van der Waals surface area contributed by atoms with Gasteiger partial charge in [0.05, 0.1) is 25.4 Å². The number of allylic oxidation sites excluding steroid dienone is 15. The minimum Gasteiger partial charge on any atom is -0.394 e. The van der Waals surface area contributed by atoms with Crippen molar-refractivity contribution in [2.75, 3.05) is 13.2 Å². The molecule has 0 aromatic heterocycles. The maximum Gasteiger partial charge on any atom is 0.220 e. The summed E-state index contributed by atoms with van der Waals surface area (Å²) in [4.78, 5) is 13.1. The van der Waals surface area contributed by atoms with Gasteiger partial charge in [-0.25, -0.2) is 0 Å². The Morgan fingerprint density at radius 1 is 0.486 bits per heavy atom. The molecular weight excluding hydrogens is 899 g/mol. The summed E-state index contributed by atoms with van der Waals surface area (Å²) in [7, 11) is 0. The molecule has 0 radical (unpaired) electrons. The van der Waals surface area contributed by atoms with Gasteiger partial charge in [-0.3, -0.25) is 4.79 Å². The van der Waals surface area contributed by atoms with Crippen molar-refractivity contribution in [3.63, 3.8) is 0 Å². The van der Waals surface area contributed by atoms with Crippen LogP contribution in [0.2, 0.25) is 0 Å². The molecule has 0 spiro atoms. The van der Waals surface area contributed by atoms with E-state index in [2.05, 4.69) is 104 Å². The van der Waals surface area contributed by atoms with Crippen molar-refractivity contribution >= 4 is 5.91 Å². The molecule has 1 aliphatic heterocycles. The molecule has 9 heteroatoms. The molecular formula is C63H109NO8. The van der Waals surface area contributed by atoms with Crippen molar-refractivity contribution in [1.82, 2.24) is 5.32 Å². The van der Waals surface area contributed by atoms with E-state index in [4.69, 9.17) is 9.47 Å². The van der Waals surface area contributed by atoms with Gasteiger partial charge in [0.2, 0.25) is 5.91 Å². The molecule has 0 aliphatic carbocycles. The minimum absolute atomic E-state index is 0.186. The van der Waals surface area contributed by atoms with Gasteiger partial charge in [-0.2, -0.15) is 0 Å². The molecule has 9 nitrogen and oxygen atoms in total. The first-order valence-corrected chi connectivity index (χ1v) is 29.5. The molecule has 6 N–H and O–H groups in total. The lowest BCUT2D eigenvalue weighted by Crippen LogP contribution is -2.60. The lowest BCUT2D eigenvalue weighted by molar-refractivity contribution is -0.302. The Bertz CT molecular complexity index is 1450. The van der Waals surface area contributed by atoms with Crippen molar-refractivity contribution < 1.29 is 39.8 Å². The second kappa shape index (κ2) is 51.6. The molecule has 1 amide bonds. The van der Waals surface area contributed by atoms with Crippen molar-refractivity contribution in [1.29, 1.82) is 0 Å². The van der Waals surface area contributed by atoms with E-state index >= 15 is 0 Å². The second-order valence-corrected chi connectivity index (χ2v) is 20.1. The van der Waals surface area contributed by atoms with Crippen molar-refractivity contribution in [3.05, 3.63) is 97.2 Å². The van der Waals surface area contributed by atoms with Crippen LogP contribution in [-0.4, -0.2) is 87.5 Å². The molecule has 0 aromatic rings. The number of ether oxygens (including phenoxy) is 2. The first-order chi connectivity index (χ1) is 35.3. The van der Waals surface area contributed by atoms with E-state index < -0.39 is 49.5 Å². The number of carbonyl (C=O) groups excluding carboxylic acids is 1. The van der Waals surface area contributed by atoms with Crippen molar-refractivity contribution in [2.45, 2.75) is 281 Å². The molecule has 1 aliphatic rings. The number of nitrogens with one attached hydrogen (secondary N) is 1. The van der Waals surface area contributed by atoms with Gasteiger partial charge < -0.3 is 40.3 Å². The first-order valence-electron chi connectivity index (χ1n) is 29.5. The number of amides is 1. The van der Waals surface area contributed by atoms with E-state index in [0.717, 1.165) is 96.3 Å². The highest BCUT2D eigenvalue weighted by Crippen LogP contribution is 2.23. The fraction of sp³-hybridized carbons (Fsp3) is 0.730. The van der Waals surface area contributed by atoms with Crippen LogP contribution in [0.25, 0.3) is 0 Å². The number of hydrogen-bond acceptors (Lipinski definition) is 8. The van der Waals surface area contributed by atoms with Gasteiger partial charge in [-0.05, 0) is 77.0 Å². The Labute approximate surface area is 441 Å². The fourth-order valence-electron chi connectivity index (χ4n) is 8.78. The van der Waals surface area contributed by atoms with Crippen LogP contribution in [-0.2, 0) is 14.3 Å². The number of rotatable bonds is 49. The van der Waals surface area contributed by atoms with E-state index in [1.165, 1.54) is 122 Å². The van der Waals surface area contributed by atoms with E-state index in [1.807, 2.05) is 6.08 Å². The molecule has 7 atom stereocenters. The molecule has 414 valence electrons. The van der Waals surface area contributed by atoms with Gasteiger partial charge >= 0.3 is 0 Å². The molecule has 1 heterocycles. The normalized spacial score (nSPS) is 19.9. The Kier molecular flexibility index (Phi) is 48.1. The van der Waals surface area contributed by atoms with Crippen LogP contribution in [0.5, 0.6) is 0 Å². The summed E-state index contributed by atoms with van der Waals surface area (Å²) >= 11 is 0. The third-order valence-electron chi connectivity index (χ3n) is 13.4. The summed E-state index contributed by atoms with van der Waals surface area (Å²) in [6.45, 7) is 3.67. The van der Waals surface area contributed by atoms with Crippen molar-refractivity contribution in [2.24, 2.45) is 0 Å². The van der Waals surface area contributed by atoms with Crippen LogP contribution in [0, 0.1) is 0 Å². The second-order valence-electron chi connectivity index (χ2n) is 20.1. The maximum absolute atomic E-state index is 13.1. The number of aliphatic hydroxyl groups is 5. The summed E-state index contributed by atoms with van der Waals surface area (Å²) in [5, 5.41) is 54.5. The molecule has 1 rings (SSSR count). The summed E-state index contributed by atoms with van der Waals surface area (Å²) in [6, 6.07) is -0.815. The Hall–Kier alpha value is -2.89. The predicted molar refractivity (Wildman–Crippen MR) is 304 cm³/mol. The van der Waals surface area contributed by atoms with Crippen LogP contribution in [0.1, 0.15) is 239 Å². The fourth-order valence-corrected chi connectivity index (χ4v) is 8.78. The smallest absolute Gasteiger partial charge is 0.220 e. The monoisotopic (exact) mass is 1010 g/mol. The first kappa shape index (κ1) is 67.1. The molecule has 0 bridgehead atoms. The topological polar surface area (TPSA) is 149 Å². The van der Waals surface area contributed by atoms with E-state index in [-0.39, 0.29) is 12.5 Å². The van der Waals surface area contributed by atoms with Crippen LogP contribution < -0.4 is 5.32 Å². The van der Waals surface area contributed by atoms with Crippen LogP contribution in [0.4, 0.5) is 0 Å². The number of hydrogen-bond donors (Lipinski definition) is 6. The average molecular weight is 1010 g/mol. The lowest BCUT2D eigenvalue weighted by atomic mass is 9.99. The number of aliphatic hydroxyl groups excluding tert-OH is 5. The highest BCUT2D eigenvalue weighted by atomic mass is 16.7. The van der Waals surface area contributed by atoms with E-state index in [9.17, 15) is 30.3 Å². The predicted octanol–water partition coefficient (Wildman–Crippen LogP) is 14.8. The average Bonchev–Trinajstić information content (AvgIpc) is 3.38. The number of carbonyl (C=O) groups is 1. The number of unbranched alkanes of at least 4 members (excludes halogenated alkanes) is 25. The van der Waals surface area contributed by atoms with E-state index in [1.54, 1.807) is 6.08 Å². The Morgan fingerprint density at radius 3 is 1.28 bits per heavy atom. The summed E-state index contributed by atoms with van der Waals surface area (Å²) in [5.41, 5.74) is 0. The third kappa shape index (κ3) is 40.5. The van der Waals surface area contributed by atoms with Crippen molar-refractivity contribution in [3.8, 4) is 0 Å². The SMILES string of the molecule is CC/C=C\C/C=C\C/C=C\C/C=C\C/C=C\C/C=C\C/C=C\CCCCCCCCCCCC(=O)NC(COC1OC(CO)C(O)C(O)C1O)C(O)/C=C/CCCCCCCCCCCCCCCCCC. The minimum atomic E-state index is -1.57. The summed E-state index contributed by atoms with van der Waals surface area (Å²) < 4.78 is 11.3. The van der Waals surface area contributed by atoms with Gasteiger partial charge in [0, 0.05) is 6.42 Å². The molecule has 1 fully saturated rings. The highest BCUT2D eigenvalue weighted by Gasteiger charge is 2.44. The van der Waals surface area contributed by atoms with E-state index in [0.29, 0.717) is 6.42 Å². The quantitative estimate of drug-likeness (QED) is 0.0261. The zero-order valence-electron chi connectivity index (χ0n) is 45.9. The largest absolute Gasteiger partial charge is 0.394 e. The standard InChI is InChI=1S/C63H109NO8/c1-3-5-7-9-11-13-15-17-19-21-23-24-25-26-27-28-29-30-31-32-33-34-35-37-39-41-43-45-47-49-51-53-59(67)64-56(55-71-63-62(70)61(69)60(68)58(54-65)72-63)57(66)52-50-48-46-44-42-40-38-36-22-20-18-16-14-12-10-8-6-4-2/h5,7,11,13,17,19,23-24,26-27,29-30,32-33,50,52,56-58,60-63,65-66,68-70H,3-4,6,8-10,12,14-16,18,20-22,25,28,31,34-49,51,53-55H2,1-2H3,(H,64,67)/b7-5-,13-11-,19-17-,24-23-,27-26-,30-29-,33-32-,52-50+. The highest BCUT2D eigenvalue weighted by molar-refractivity contribution is 5.76. The zero-order chi connectivity index (χ0) is 52.2. The van der Waals surface area contributed by atoms with Crippen LogP contribution >= 0.6 is 0 Å². The summed E-state index contributed by atoms with van der Waals surface area (Å²) in [6.07, 6.45) is 67.5. The molecule has 1 saturated heterocycles. The zero-order valence-corrected chi connectivity index (χ0v) is 45.9.